The molecule has 0 unspecified atom stereocenters. The Morgan fingerprint density at radius 1 is 1.28 bits per heavy atom. The molecule has 0 saturated carbocycles. The number of hydrogen-bond donors (Lipinski definition) is 1. The predicted octanol–water partition coefficient (Wildman–Crippen LogP) is 3.37. The van der Waals surface area contributed by atoms with E-state index in [1.807, 2.05) is 63.5 Å². The van der Waals surface area contributed by atoms with Crippen LogP contribution >= 0.6 is 11.8 Å². The number of nitrogens with one attached hydrogen (secondary N) is 1. The number of thioether (sulfide) groups is 1. The molecule has 0 radical (unpaired) electrons. The lowest BCUT2D eigenvalue weighted by Crippen LogP contribution is -2.44. The topological polar surface area (TPSA) is 69.0 Å². The Bertz CT molecular complexity index is 720. The molecule has 1 atom stereocenters. The Balaban J connectivity index is 2.20. The third-order valence-corrected chi connectivity index (χ3v) is 4.61. The number of rotatable bonds is 6. The normalized spacial score (nSPS) is 12.7. The summed E-state index contributed by atoms with van der Waals surface area (Å²) in [5, 5.41) is 12.1. The standard InChI is InChI=1S/C18H26N4O2S/c1-7-22-15(13-8-10-14(24-6)11-9-13)20-21-17(22)25-12(2)16(23)19-18(3,4)5/h8-12H,7H2,1-6H3,(H,19,23)/t12-/m0/s1. The van der Waals surface area contributed by atoms with Gasteiger partial charge in [-0.2, -0.15) is 0 Å². The fraction of sp³-hybridized carbons (Fsp3) is 0.500. The first-order valence-corrected chi connectivity index (χ1v) is 9.19. The summed E-state index contributed by atoms with van der Waals surface area (Å²) >= 11 is 1.42. The van der Waals surface area contributed by atoms with Crippen molar-refractivity contribution in [2.45, 2.75) is 57.1 Å². The van der Waals surface area contributed by atoms with Crippen molar-refractivity contribution in [3.8, 4) is 17.1 Å². The van der Waals surface area contributed by atoms with Crippen LogP contribution in [0.3, 0.4) is 0 Å². The number of carbonyl (C=O) groups excluding carboxylic acids is 1. The fourth-order valence-corrected chi connectivity index (χ4v) is 3.21. The third-order valence-electron chi connectivity index (χ3n) is 3.53. The molecule has 1 N–H and O–H groups in total. The van der Waals surface area contributed by atoms with Gasteiger partial charge in [-0.05, 0) is 58.9 Å². The maximum atomic E-state index is 12.3. The van der Waals surface area contributed by atoms with Gasteiger partial charge in [-0.1, -0.05) is 11.8 Å². The first-order chi connectivity index (χ1) is 11.7. The van der Waals surface area contributed by atoms with Crippen LogP contribution in [-0.4, -0.2) is 38.6 Å². The van der Waals surface area contributed by atoms with E-state index in [1.165, 1.54) is 11.8 Å². The van der Waals surface area contributed by atoms with Gasteiger partial charge >= 0.3 is 0 Å². The molecule has 1 aromatic heterocycles. The van der Waals surface area contributed by atoms with E-state index in [-0.39, 0.29) is 16.7 Å². The summed E-state index contributed by atoms with van der Waals surface area (Å²) in [5.74, 6) is 1.58. The number of methoxy groups -OCH3 is 1. The lowest BCUT2D eigenvalue weighted by molar-refractivity contribution is -0.121. The van der Waals surface area contributed by atoms with Gasteiger partial charge in [-0.3, -0.25) is 4.79 Å². The third kappa shape index (κ3) is 4.98. The molecule has 1 heterocycles. The zero-order chi connectivity index (χ0) is 18.6. The number of carbonyl (C=O) groups is 1. The molecule has 1 aromatic carbocycles. The molecule has 0 fully saturated rings. The molecule has 0 saturated heterocycles. The first kappa shape index (κ1) is 19.3. The van der Waals surface area contributed by atoms with E-state index in [1.54, 1.807) is 7.11 Å². The molecular weight excluding hydrogens is 336 g/mol. The van der Waals surface area contributed by atoms with Crippen molar-refractivity contribution in [2.24, 2.45) is 0 Å². The number of nitrogens with zero attached hydrogens (tertiary/aromatic N) is 3. The van der Waals surface area contributed by atoms with Crippen molar-refractivity contribution < 1.29 is 9.53 Å². The van der Waals surface area contributed by atoms with Crippen molar-refractivity contribution in [3.63, 3.8) is 0 Å². The highest BCUT2D eigenvalue weighted by Crippen LogP contribution is 2.28. The Morgan fingerprint density at radius 2 is 1.92 bits per heavy atom. The smallest absolute Gasteiger partial charge is 0.233 e. The van der Waals surface area contributed by atoms with Crippen molar-refractivity contribution in [3.05, 3.63) is 24.3 Å². The van der Waals surface area contributed by atoms with Crippen molar-refractivity contribution in [2.75, 3.05) is 7.11 Å². The molecule has 136 valence electrons. The molecule has 0 spiro atoms. The van der Waals surface area contributed by atoms with Crippen molar-refractivity contribution >= 4 is 17.7 Å². The molecule has 0 aliphatic rings. The van der Waals surface area contributed by atoms with Crippen LogP contribution in [0.25, 0.3) is 11.4 Å². The van der Waals surface area contributed by atoms with Gasteiger partial charge in [0.2, 0.25) is 5.91 Å². The van der Waals surface area contributed by atoms with E-state index in [0.717, 1.165) is 28.8 Å². The van der Waals surface area contributed by atoms with Gasteiger partial charge in [-0.25, -0.2) is 0 Å². The van der Waals surface area contributed by atoms with Gasteiger partial charge in [0.25, 0.3) is 0 Å². The minimum absolute atomic E-state index is 0.00542. The zero-order valence-corrected chi connectivity index (χ0v) is 16.5. The van der Waals surface area contributed by atoms with E-state index in [2.05, 4.69) is 15.5 Å². The number of aromatic nitrogens is 3. The molecule has 6 nitrogen and oxygen atoms in total. The first-order valence-electron chi connectivity index (χ1n) is 8.31. The fourth-order valence-electron chi connectivity index (χ4n) is 2.30. The van der Waals surface area contributed by atoms with E-state index < -0.39 is 0 Å². The molecule has 0 aliphatic heterocycles. The average molecular weight is 362 g/mol. The number of hydrogen-bond acceptors (Lipinski definition) is 5. The Labute approximate surface area is 153 Å². The summed E-state index contributed by atoms with van der Waals surface area (Å²) < 4.78 is 7.22. The van der Waals surface area contributed by atoms with E-state index in [0.29, 0.717) is 0 Å². The minimum atomic E-state index is -0.252. The molecule has 7 heteroatoms. The van der Waals surface area contributed by atoms with Crippen LogP contribution in [0.4, 0.5) is 0 Å². The Hall–Kier alpha value is -2.02. The molecule has 1 amide bonds. The summed E-state index contributed by atoms with van der Waals surface area (Å²) in [6.45, 7) is 10.6. The number of amides is 1. The average Bonchev–Trinajstić information content (AvgIpc) is 2.95. The zero-order valence-electron chi connectivity index (χ0n) is 15.7. The van der Waals surface area contributed by atoms with Gasteiger partial charge in [0.05, 0.1) is 12.4 Å². The Kier molecular flexibility index (Phi) is 6.11. The van der Waals surface area contributed by atoms with Crippen molar-refractivity contribution in [1.29, 1.82) is 0 Å². The second kappa shape index (κ2) is 7.91. The Morgan fingerprint density at radius 3 is 2.44 bits per heavy atom. The maximum Gasteiger partial charge on any atom is 0.233 e. The molecule has 0 aliphatic carbocycles. The van der Waals surface area contributed by atoms with E-state index in [9.17, 15) is 4.79 Å². The van der Waals surface area contributed by atoms with Crippen LogP contribution < -0.4 is 10.1 Å². The van der Waals surface area contributed by atoms with Gasteiger partial charge in [0, 0.05) is 17.6 Å². The number of benzene rings is 1. The largest absolute Gasteiger partial charge is 0.497 e. The SMILES string of the molecule is CCn1c(S[C@@H](C)C(=O)NC(C)(C)C)nnc1-c1ccc(OC)cc1. The summed E-state index contributed by atoms with van der Waals surface area (Å²) in [7, 11) is 1.64. The monoisotopic (exact) mass is 362 g/mol. The van der Waals surface area contributed by atoms with Crippen LogP contribution in [0.5, 0.6) is 5.75 Å². The second-order valence-electron chi connectivity index (χ2n) is 6.78. The lowest BCUT2D eigenvalue weighted by Gasteiger charge is -2.22. The summed E-state index contributed by atoms with van der Waals surface area (Å²) in [6.07, 6.45) is 0. The molecule has 2 aromatic rings. The van der Waals surface area contributed by atoms with E-state index in [4.69, 9.17) is 4.74 Å². The summed E-state index contributed by atoms with van der Waals surface area (Å²) in [4.78, 5) is 12.3. The lowest BCUT2D eigenvalue weighted by atomic mass is 10.1. The van der Waals surface area contributed by atoms with Gasteiger partial charge in [-0.15, -0.1) is 10.2 Å². The van der Waals surface area contributed by atoms with Gasteiger partial charge in [0.15, 0.2) is 11.0 Å². The van der Waals surface area contributed by atoms with Gasteiger partial charge < -0.3 is 14.6 Å². The minimum Gasteiger partial charge on any atom is -0.497 e. The summed E-state index contributed by atoms with van der Waals surface area (Å²) in [5.41, 5.74) is 0.715. The highest BCUT2D eigenvalue weighted by molar-refractivity contribution is 8.00. The molecule has 2 rings (SSSR count). The summed E-state index contributed by atoms with van der Waals surface area (Å²) in [6, 6.07) is 7.71. The van der Waals surface area contributed by atoms with Crippen LogP contribution in [0.15, 0.2) is 29.4 Å². The van der Waals surface area contributed by atoms with E-state index >= 15 is 0 Å². The van der Waals surface area contributed by atoms with Crippen LogP contribution in [0.2, 0.25) is 0 Å². The van der Waals surface area contributed by atoms with Crippen LogP contribution in [0.1, 0.15) is 34.6 Å². The molecule has 0 bridgehead atoms. The maximum absolute atomic E-state index is 12.3. The predicted molar refractivity (Wildman–Crippen MR) is 101 cm³/mol. The molecule has 25 heavy (non-hydrogen) atoms. The van der Waals surface area contributed by atoms with Crippen molar-refractivity contribution in [1.82, 2.24) is 20.1 Å². The second-order valence-corrected chi connectivity index (χ2v) is 8.09. The number of ether oxygens (including phenoxy) is 1. The van der Waals surface area contributed by atoms with Crippen LogP contribution in [-0.2, 0) is 11.3 Å². The highest BCUT2D eigenvalue weighted by atomic mass is 32.2. The highest BCUT2D eigenvalue weighted by Gasteiger charge is 2.23. The van der Waals surface area contributed by atoms with Gasteiger partial charge in [0.1, 0.15) is 5.75 Å². The van der Waals surface area contributed by atoms with Crippen LogP contribution in [0, 0.1) is 0 Å². The quantitative estimate of drug-likeness (QED) is 0.798. The molecular formula is C18H26N4O2S.